The number of hydrogen-bond donors (Lipinski definition) is 5. The van der Waals surface area contributed by atoms with Crippen LogP contribution in [0.4, 0.5) is 21.5 Å². The second-order valence-electron chi connectivity index (χ2n) is 22.0. The number of carbonyl (C=O) groups is 1. The highest BCUT2D eigenvalue weighted by Gasteiger charge is 2.50. The summed E-state index contributed by atoms with van der Waals surface area (Å²) in [6, 6.07) is 18.1. The summed E-state index contributed by atoms with van der Waals surface area (Å²) in [5.41, 5.74) is 2.72. The number of aromatic nitrogens is 2. The van der Waals surface area contributed by atoms with E-state index in [0.29, 0.717) is 56.7 Å². The minimum Gasteiger partial charge on any atom is -0.489 e. The molecule has 4 aliphatic heterocycles. The molecule has 17 nitrogen and oxygen atoms in total. The molecule has 3 atom stereocenters. The van der Waals surface area contributed by atoms with Gasteiger partial charge < -0.3 is 39.8 Å². The van der Waals surface area contributed by atoms with E-state index in [4.69, 9.17) is 14.2 Å². The van der Waals surface area contributed by atoms with Crippen molar-refractivity contribution in [3.63, 3.8) is 0 Å². The average Bonchev–Trinajstić information content (AvgIpc) is 4.15. The molecule has 6 heterocycles. The normalized spacial score (nSPS) is 25.3. The van der Waals surface area contributed by atoms with Gasteiger partial charge in [0.1, 0.15) is 29.9 Å². The molecule has 3 aromatic carbocycles. The highest BCUT2D eigenvalue weighted by atomic mass is 32.2. The molecule has 0 radical (unpaired) electrons. The highest BCUT2D eigenvalue weighted by molar-refractivity contribution is 7.90. The minimum absolute atomic E-state index is 0.0215. The maximum atomic E-state index is 15.1. The molecule has 5 fully saturated rings. The van der Waals surface area contributed by atoms with E-state index in [-0.39, 0.29) is 75.5 Å². The fourth-order valence-corrected chi connectivity index (χ4v) is 13.5. The second kappa shape index (κ2) is 19.4. The molecule has 5 N–H and O–H groups in total. The zero-order valence-corrected chi connectivity index (χ0v) is 42.4. The van der Waals surface area contributed by atoms with Crippen molar-refractivity contribution in [1.82, 2.24) is 24.9 Å². The number of fused-ring (bicyclic) bond motifs is 2. The number of benzene rings is 3. The number of aromatic amines is 1. The first-order valence-electron chi connectivity index (χ1n) is 26.0. The predicted octanol–water partition coefficient (Wildman–Crippen LogP) is 9.09. The van der Waals surface area contributed by atoms with Crippen molar-refractivity contribution < 1.29 is 41.8 Å². The number of likely N-dealkylation sites (tertiary alicyclic amines) is 1. The van der Waals surface area contributed by atoms with Crippen LogP contribution >= 0.6 is 0 Å². The highest BCUT2D eigenvalue weighted by Crippen LogP contribution is 2.55. The average molecular weight is 1020 g/mol. The van der Waals surface area contributed by atoms with Crippen molar-refractivity contribution in [3.8, 4) is 23.1 Å². The van der Waals surface area contributed by atoms with Crippen molar-refractivity contribution >= 4 is 44.0 Å². The Labute approximate surface area is 424 Å². The van der Waals surface area contributed by atoms with Crippen molar-refractivity contribution in [1.29, 1.82) is 0 Å². The van der Waals surface area contributed by atoms with E-state index in [9.17, 15) is 28.4 Å². The van der Waals surface area contributed by atoms with E-state index in [1.807, 2.05) is 0 Å². The van der Waals surface area contributed by atoms with Crippen LogP contribution in [0.3, 0.4) is 0 Å². The molecule has 1 amide bonds. The smallest absolute Gasteiger partial charge is 0.297 e. The Morgan fingerprint density at radius 3 is 2.53 bits per heavy atom. The molecule has 6 aliphatic rings. The number of ether oxygens (including phenoxy) is 3. The summed E-state index contributed by atoms with van der Waals surface area (Å²) in [5, 5.41) is 29.6. The molecule has 5 aromatic rings. The van der Waals surface area contributed by atoms with E-state index in [0.717, 1.165) is 63.6 Å². The number of nitrogens with zero attached hydrogens (tertiary/aromatic N) is 4. The Morgan fingerprint density at radius 1 is 1.01 bits per heavy atom. The Morgan fingerprint density at radius 2 is 1.79 bits per heavy atom. The maximum Gasteiger partial charge on any atom is 0.297 e. The molecule has 2 saturated carbocycles. The first-order valence-corrected chi connectivity index (χ1v) is 27.5. The minimum atomic E-state index is -4.77. The van der Waals surface area contributed by atoms with Crippen molar-refractivity contribution in [3.05, 3.63) is 99.5 Å². The summed E-state index contributed by atoms with van der Waals surface area (Å²) in [4.78, 5) is 38.1. The lowest BCUT2D eigenvalue weighted by atomic mass is 9.59. The van der Waals surface area contributed by atoms with Gasteiger partial charge in [-0.3, -0.25) is 19.8 Å². The van der Waals surface area contributed by atoms with Crippen LogP contribution in [0.15, 0.2) is 71.8 Å². The molecule has 11 rings (SSSR count). The number of H-pyrrole nitrogens is 1. The molecular formula is C54H65FN8O9S. The first kappa shape index (κ1) is 49.2. The van der Waals surface area contributed by atoms with Gasteiger partial charge >= 0.3 is 0 Å². The molecule has 3 saturated heterocycles. The third-order valence-electron chi connectivity index (χ3n) is 16.8. The zero-order valence-electron chi connectivity index (χ0n) is 41.6. The number of nitrogens with one attached hydrogen (secondary N) is 4. The maximum absolute atomic E-state index is 15.1. The van der Waals surface area contributed by atoms with Crippen molar-refractivity contribution in [2.75, 3.05) is 49.5 Å². The number of pyridine rings is 1. The Hall–Kier alpha value is -6.02. The molecular weight excluding hydrogens is 956 g/mol. The van der Waals surface area contributed by atoms with E-state index in [1.165, 1.54) is 48.4 Å². The van der Waals surface area contributed by atoms with E-state index in [2.05, 4.69) is 73.2 Å². The first-order chi connectivity index (χ1) is 35.0. The van der Waals surface area contributed by atoms with Gasteiger partial charge in [0.25, 0.3) is 27.5 Å². The van der Waals surface area contributed by atoms with Gasteiger partial charge in [0.05, 0.1) is 32.4 Å². The van der Waals surface area contributed by atoms with E-state index < -0.39 is 42.9 Å². The molecule has 2 aromatic heterocycles. The van der Waals surface area contributed by atoms with Gasteiger partial charge in [-0.15, -0.1) is 0 Å². The monoisotopic (exact) mass is 1020 g/mol. The lowest BCUT2D eigenvalue weighted by Crippen LogP contribution is -2.54. The van der Waals surface area contributed by atoms with Crippen LogP contribution in [0, 0.1) is 27.3 Å². The van der Waals surface area contributed by atoms with Crippen molar-refractivity contribution in [2.45, 2.75) is 132 Å². The molecule has 1 spiro atoms. The van der Waals surface area contributed by atoms with Gasteiger partial charge in [-0.1, -0.05) is 38.1 Å². The largest absolute Gasteiger partial charge is 0.489 e. The summed E-state index contributed by atoms with van der Waals surface area (Å²) in [6.45, 7) is 10.4. The number of amides is 1. The zero-order chi connectivity index (χ0) is 50.8. The lowest BCUT2D eigenvalue weighted by molar-refractivity contribution is -0.384. The van der Waals surface area contributed by atoms with Crippen molar-refractivity contribution in [2.24, 2.45) is 11.3 Å². The summed E-state index contributed by atoms with van der Waals surface area (Å²) >= 11 is 0. The van der Waals surface area contributed by atoms with Crippen LogP contribution in [-0.2, 0) is 10.0 Å². The van der Waals surface area contributed by atoms with Crippen LogP contribution < -0.4 is 34.5 Å². The SMILES string of the molecule is CC(C)c1ccccc1[C@H]1CCCN1C1CC2(CCN(c3ccc(C(=O)NS(=O)(=O)c4cc5c(c([N+](=O)[O-])c4)N[C@@H](C4CCC(C)(O)CC4)CO5)c(Oc4cc5c(F)c[nH]c5nc4O[C@@H]4CCNC4)c3)CC2)C1. The Balaban J connectivity index is 0.851. The second-order valence-corrected chi connectivity index (χ2v) is 23.7. The summed E-state index contributed by atoms with van der Waals surface area (Å²) < 4.78 is 64.5. The fraction of sp³-hybridized carbons (Fsp3) is 0.519. The van der Waals surface area contributed by atoms with Gasteiger partial charge in [0.15, 0.2) is 17.2 Å². The Kier molecular flexibility index (Phi) is 13.0. The summed E-state index contributed by atoms with van der Waals surface area (Å²) in [5.74, 6) is -1.07. The molecule has 2 aliphatic carbocycles. The van der Waals surface area contributed by atoms with Crippen LogP contribution in [0.1, 0.15) is 125 Å². The van der Waals surface area contributed by atoms with Gasteiger partial charge in [-0.05, 0) is 131 Å². The van der Waals surface area contributed by atoms with Crippen LogP contribution in [0.5, 0.6) is 23.1 Å². The number of halogens is 1. The number of piperidine rings is 1. The van der Waals surface area contributed by atoms with Crippen LogP contribution in [-0.4, -0.2) is 102 Å². The fourth-order valence-electron chi connectivity index (χ4n) is 12.5. The van der Waals surface area contributed by atoms with Gasteiger partial charge in [-0.2, -0.15) is 4.98 Å². The molecule has 19 heteroatoms. The molecule has 0 unspecified atom stereocenters. The summed E-state index contributed by atoms with van der Waals surface area (Å²) in [7, 11) is -4.77. The number of carbonyl (C=O) groups excluding carboxylic acids is 1. The number of hydrogen-bond acceptors (Lipinski definition) is 14. The number of nitro benzene ring substituents is 1. The van der Waals surface area contributed by atoms with Gasteiger partial charge in [-0.25, -0.2) is 17.5 Å². The van der Waals surface area contributed by atoms with Crippen LogP contribution in [0.25, 0.3) is 11.0 Å². The van der Waals surface area contributed by atoms with Gasteiger partial charge in [0.2, 0.25) is 0 Å². The number of nitro groups is 1. The molecule has 0 bridgehead atoms. The van der Waals surface area contributed by atoms with E-state index in [1.54, 1.807) is 19.1 Å². The number of anilines is 2. The number of aliphatic hydroxyl groups is 1. The van der Waals surface area contributed by atoms with Gasteiger partial charge in [0, 0.05) is 67.9 Å². The summed E-state index contributed by atoms with van der Waals surface area (Å²) in [6.07, 6.45) is 10.8. The lowest BCUT2D eigenvalue weighted by Gasteiger charge is -2.56. The standard InChI is InChI=1S/C54H65FN8O9S/c1-32(2)38-7-4-5-8-39(38)44-9-6-20-62(44)35-27-54(28-35)17-21-61(22-18-54)34-10-11-40(46(23-34)72-48-26-41-42(55)30-57-50(41)59-52(48)71-36-14-19-56-29-36)51(64)60-73(68,69)37-24-45(63(66)67)49-47(25-37)70-31-43(58-49)33-12-15-53(3,65)16-13-33/h4-5,7-8,10-11,23-26,30,32-33,35-36,43-44,56,58,65H,6,9,12-22,27-29,31H2,1-3H3,(H,57,59)(H,60,64)/t33?,36-,43-,44-,53?/m1/s1. The van der Waals surface area contributed by atoms with Crippen LogP contribution in [0.2, 0.25) is 0 Å². The quantitative estimate of drug-likeness (QED) is 0.0550. The molecule has 388 valence electrons. The van der Waals surface area contributed by atoms with E-state index >= 15 is 4.39 Å². The third-order valence-corrected chi connectivity index (χ3v) is 18.1. The number of rotatable bonds is 13. The predicted molar refractivity (Wildman–Crippen MR) is 274 cm³/mol. The topological polar surface area (TPSA) is 214 Å². The third kappa shape index (κ3) is 9.80. The molecule has 73 heavy (non-hydrogen) atoms. The Bertz CT molecular complexity index is 3030. The number of sulfonamides is 1.